The number of β-lactam (4-membered cyclic amide) rings is 1. The summed E-state index contributed by atoms with van der Waals surface area (Å²) in [4.78, 5) is 65.1. The zero-order valence-electron chi connectivity index (χ0n) is 25.5. The van der Waals surface area contributed by atoms with Gasteiger partial charge in [-0.25, -0.2) is 14.6 Å². The fraction of sp³-hybridized carbons (Fsp3) is 0.294. The normalized spacial score (nSPS) is 21.9. The quantitative estimate of drug-likeness (QED) is 0.225. The number of hydrogen-bond acceptors (Lipinski definition) is 9. The average Bonchev–Trinajstić information content (AvgIpc) is 3.41. The van der Waals surface area contributed by atoms with Crippen LogP contribution >= 0.6 is 11.8 Å². The van der Waals surface area contributed by atoms with Crippen LogP contribution < -0.4 is 10.2 Å². The van der Waals surface area contributed by atoms with Gasteiger partial charge in [0.15, 0.2) is 18.0 Å². The molecular weight excluding hydrogens is 606 g/mol. The van der Waals surface area contributed by atoms with Crippen LogP contribution in [-0.2, 0) is 23.9 Å². The SMILES string of the molecule is CC(C)(C)OC(=O)N[C@@H]1C(=O)N2[C@@H](C(=O)OC(c3ccccc3)c3ccccc3)C(C=C3CCN(c4cnccn4)C3=O)=CS[C@H]12. The Bertz CT molecular complexity index is 1650. The molecule has 3 aliphatic heterocycles. The second-order valence-corrected chi connectivity index (χ2v) is 13.0. The fourth-order valence-corrected chi connectivity index (χ4v) is 6.76. The summed E-state index contributed by atoms with van der Waals surface area (Å²) in [6.45, 7) is 5.60. The van der Waals surface area contributed by atoms with Gasteiger partial charge in [-0.3, -0.25) is 19.5 Å². The number of anilines is 1. The van der Waals surface area contributed by atoms with E-state index in [4.69, 9.17) is 9.47 Å². The van der Waals surface area contributed by atoms with Crippen molar-refractivity contribution in [1.29, 1.82) is 0 Å². The molecule has 0 aliphatic carbocycles. The zero-order valence-corrected chi connectivity index (χ0v) is 26.3. The van der Waals surface area contributed by atoms with Gasteiger partial charge in [0, 0.05) is 24.5 Å². The molecule has 11 nitrogen and oxygen atoms in total. The van der Waals surface area contributed by atoms with Crippen LogP contribution in [0.2, 0.25) is 0 Å². The predicted molar refractivity (Wildman–Crippen MR) is 171 cm³/mol. The van der Waals surface area contributed by atoms with Crippen LogP contribution in [0.15, 0.2) is 102 Å². The van der Waals surface area contributed by atoms with Crippen molar-refractivity contribution in [2.24, 2.45) is 0 Å². The smallest absolute Gasteiger partial charge is 0.408 e. The minimum atomic E-state index is -1.16. The highest BCUT2D eigenvalue weighted by Crippen LogP contribution is 2.42. The van der Waals surface area contributed by atoms with Crippen LogP contribution in [0.4, 0.5) is 10.6 Å². The Morgan fingerprint density at radius 3 is 2.30 bits per heavy atom. The van der Waals surface area contributed by atoms with Gasteiger partial charge >= 0.3 is 12.1 Å². The molecule has 1 N–H and O–H groups in total. The van der Waals surface area contributed by atoms with Crippen LogP contribution in [0.25, 0.3) is 0 Å². The molecule has 236 valence electrons. The first-order valence-electron chi connectivity index (χ1n) is 14.9. The van der Waals surface area contributed by atoms with E-state index in [1.165, 1.54) is 40.2 Å². The molecule has 1 aromatic heterocycles. The van der Waals surface area contributed by atoms with Crippen molar-refractivity contribution in [2.75, 3.05) is 11.4 Å². The van der Waals surface area contributed by atoms with E-state index in [1.54, 1.807) is 32.3 Å². The number of hydrogen-bond donors (Lipinski definition) is 1. The number of amides is 3. The summed E-state index contributed by atoms with van der Waals surface area (Å²) in [5.74, 6) is -0.941. The van der Waals surface area contributed by atoms with Crippen LogP contribution in [-0.4, -0.2) is 68.3 Å². The van der Waals surface area contributed by atoms with Gasteiger partial charge in [0.05, 0.1) is 6.20 Å². The first-order chi connectivity index (χ1) is 22.1. The molecule has 2 saturated heterocycles. The largest absolute Gasteiger partial charge is 0.451 e. The summed E-state index contributed by atoms with van der Waals surface area (Å²) in [6.07, 6.45) is 5.17. The molecule has 46 heavy (non-hydrogen) atoms. The first kappa shape index (κ1) is 31.0. The number of alkyl carbamates (subject to hydrolysis) is 1. The molecule has 0 unspecified atom stereocenters. The second kappa shape index (κ2) is 12.8. The van der Waals surface area contributed by atoms with Crippen molar-refractivity contribution >= 4 is 41.5 Å². The summed E-state index contributed by atoms with van der Waals surface area (Å²) in [6, 6.07) is 16.6. The van der Waals surface area contributed by atoms with E-state index in [0.717, 1.165) is 11.1 Å². The fourth-order valence-electron chi connectivity index (χ4n) is 5.57. The van der Waals surface area contributed by atoms with Crippen molar-refractivity contribution in [3.63, 3.8) is 0 Å². The number of aromatic nitrogens is 2. The number of thioether (sulfide) groups is 1. The van der Waals surface area contributed by atoms with Crippen LogP contribution in [0.5, 0.6) is 0 Å². The Kier molecular flexibility index (Phi) is 8.63. The summed E-state index contributed by atoms with van der Waals surface area (Å²) < 4.78 is 11.6. The molecule has 2 aromatic carbocycles. The Morgan fingerprint density at radius 1 is 1.02 bits per heavy atom. The molecule has 12 heteroatoms. The number of ether oxygens (including phenoxy) is 2. The minimum Gasteiger partial charge on any atom is -0.451 e. The van der Waals surface area contributed by atoms with Gasteiger partial charge in [-0.15, -0.1) is 11.8 Å². The molecule has 3 aliphatic rings. The van der Waals surface area contributed by atoms with Gasteiger partial charge in [-0.05, 0) is 55.4 Å². The highest BCUT2D eigenvalue weighted by atomic mass is 32.2. The summed E-state index contributed by atoms with van der Waals surface area (Å²) in [5, 5.41) is 3.83. The predicted octanol–water partition coefficient (Wildman–Crippen LogP) is 4.53. The lowest BCUT2D eigenvalue weighted by Gasteiger charge is -2.51. The maximum Gasteiger partial charge on any atom is 0.408 e. The topological polar surface area (TPSA) is 131 Å². The maximum absolute atomic E-state index is 14.2. The minimum absolute atomic E-state index is 0.258. The maximum atomic E-state index is 14.2. The second-order valence-electron chi connectivity index (χ2n) is 12.0. The lowest BCUT2D eigenvalue weighted by Crippen LogP contribution is -2.74. The molecule has 0 bridgehead atoms. The number of esters is 1. The summed E-state index contributed by atoms with van der Waals surface area (Å²) in [5.41, 5.74) is 1.68. The molecule has 2 fully saturated rings. The van der Waals surface area contributed by atoms with Gasteiger partial charge in [-0.1, -0.05) is 60.7 Å². The third kappa shape index (κ3) is 6.38. The first-order valence-corrected chi connectivity index (χ1v) is 15.8. The molecule has 3 amide bonds. The Labute approximate surface area is 270 Å². The molecule has 4 heterocycles. The van der Waals surface area contributed by atoms with Crippen LogP contribution in [0, 0.1) is 0 Å². The number of fused-ring (bicyclic) bond motifs is 1. The highest BCUT2D eigenvalue weighted by molar-refractivity contribution is 8.03. The van der Waals surface area contributed by atoms with Crippen LogP contribution in [0.3, 0.4) is 0 Å². The number of carbonyl (C=O) groups is 4. The molecule has 0 spiro atoms. The van der Waals surface area contributed by atoms with Crippen molar-refractivity contribution in [2.45, 2.75) is 56.4 Å². The van der Waals surface area contributed by atoms with E-state index >= 15 is 0 Å². The van der Waals surface area contributed by atoms with Crippen molar-refractivity contribution < 1.29 is 28.7 Å². The van der Waals surface area contributed by atoms with E-state index in [9.17, 15) is 19.2 Å². The van der Waals surface area contributed by atoms with Crippen molar-refractivity contribution in [3.8, 4) is 0 Å². The lowest BCUT2D eigenvalue weighted by atomic mass is 9.95. The Balaban J connectivity index is 1.31. The van der Waals surface area contributed by atoms with E-state index in [2.05, 4.69) is 15.3 Å². The van der Waals surface area contributed by atoms with Gasteiger partial charge in [-0.2, -0.15) is 0 Å². The van der Waals surface area contributed by atoms with E-state index in [1.807, 2.05) is 60.7 Å². The summed E-state index contributed by atoms with van der Waals surface area (Å²) in [7, 11) is 0. The lowest BCUT2D eigenvalue weighted by molar-refractivity contribution is -0.164. The van der Waals surface area contributed by atoms with Gasteiger partial charge in [0.1, 0.15) is 17.0 Å². The molecule has 0 radical (unpaired) electrons. The number of nitrogens with zero attached hydrogens (tertiary/aromatic N) is 4. The Hall–Kier alpha value is -4.97. The number of nitrogens with one attached hydrogen (secondary N) is 1. The number of carbonyl (C=O) groups excluding carboxylic acids is 4. The van der Waals surface area contributed by atoms with Gasteiger partial charge in [0.25, 0.3) is 5.91 Å². The standard InChI is InChI=1S/C34H33N5O6S/c1-34(2,3)45-33(43)37-26-30(41)39-27(32(42)44-28(21-10-6-4-7-11-21)22-12-8-5-9-13-22)24(20-46-31(26)39)18-23-14-17-38(29(23)40)25-19-35-15-16-36-25/h4-13,15-16,18-20,26-28,31H,14,17H2,1-3H3,(H,37,43)/t26-,27-,31-/m1/s1. The molecule has 3 aromatic rings. The van der Waals surface area contributed by atoms with Gasteiger partial charge in [0.2, 0.25) is 5.91 Å². The van der Waals surface area contributed by atoms with E-state index < -0.39 is 47.1 Å². The van der Waals surface area contributed by atoms with Crippen LogP contribution in [0.1, 0.15) is 44.4 Å². The van der Waals surface area contributed by atoms with E-state index in [0.29, 0.717) is 29.9 Å². The summed E-state index contributed by atoms with van der Waals surface area (Å²) >= 11 is 1.28. The monoisotopic (exact) mass is 639 g/mol. The van der Waals surface area contributed by atoms with Crippen molar-refractivity contribution in [1.82, 2.24) is 20.2 Å². The number of benzene rings is 2. The van der Waals surface area contributed by atoms with E-state index in [-0.39, 0.29) is 5.91 Å². The number of rotatable bonds is 7. The van der Waals surface area contributed by atoms with Gasteiger partial charge < -0.3 is 19.7 Å². The molecular formula is C34H33N5O6S. The highest BCUT2D eigenvalue weighted by Gasteiger charge is 2.56. The third-order valence-electron chi connectivity index (χ3n) is 7.64. The molecule has 0 saturated carbocycles. The molecule has 3 atom stereocenters. The molecule has 6 rings (SSSR count). The average molecular weight is 640 g/mol. The third-order valence-corrected chi connectivity index (χ3v) is 8.83. The zero-order chi connectivity index (χ0) is 32.4. The Morgan fingerprint density at radius 2 is 1.70 bits per heavy atom. The van der Waals surface area contributed by atoms with Crippen molar-refractivity contribution in [3.05, 3.63) is 113 Å².